The van der Waals surface area contributed by atoms with Crippen LogP contribution in [0.3, 0.4) is 0 Å². The highest BCUT2D eigenvalue weighted by Gasteiger charge is 2.42. The first-order valence-electron chi connectivity index (χ1n) is 8.28. The van der Waals surface area contributed by atoms with Crippen LogP contribution in [0, 0.1) is 11.8 Å². The molecule has 0 N–H and O–H groups in total. The molecule has 1 saturated carbocycles. The van der Waals surface area contributed by atoms with Crippen molar-refractivity contribution in [2.45, 2.75) is 51.6 Å². The van der Waals surface area contributed by atoms with Crippen molar-refractivity contribution in [2.24, 2.45) is 16.8 Å². The number of nitrogens with zero attached hydrogens (tertiary/aromatic N) is 1. The van der Waals surface area contributed by atoms with E-state index in [-0.39, 0.29) is 17.5 Å². The maximum Gasteiger partial charge on any atom is 0.354 e. The van der Waals surface area contributed by atoms with Gasteiger partial charge in [-0.3, -0.25) is 4.99 Å². The van der Waals surface area contributed by atoms with Gasteiger partial charge in [0.15, 0.2) is 0 Å². The van der Waals surface area contributed by atoms with Crippen LogP contribution >= 0.6 is 0 Å². The molecule has 1 aromatic rings. The highest BCUT2D eigenvalue weighted by molar-refractivity contribution is 6.42. The minimum Gasteiger partial charge on any atom is -0.458 e. The van der Waals surface area contributed by atoms with E-state index in [2.05, 4.69) is 50.0 Å². The number of carbonyl (C=O) groups excluding carboxylic acids is 1. The van der Waals surface area contributed by atoms with E-state index in [1.165, 1.54) is 12.0 Å². The Balaban J connectivity index is 1.81. The molecule has 0 radical (unpaired) electrons. The van der Waals surface area contributed by atoms with Crippen molar-refractivity contribution in [1.82, 2.24) is 0 Å². The second-order valence-corrected chi connectivity index (χ2v) is 7.32. The number of hydrogen-bond donors (Lipinski definition) is 0. The Morgan fingerprint density at radius 3 is 2.55 bits per heavy atom. The molecule has 1 aliphatic carbocycles. The van der Waals surface area contributed by atoms with Gasteiger partial charge in [-0.2, -0.15) is 0 Å². The standard InChI is InChI=1S/C19H25NO2/c1-13-9-10-15(17(11-13)22-18(21)16-12-20-16)19(2,3)14-7-5-4-6-8-14/h4-8,13,15,17H,9-12H2,1-3H3/t13-,15-,17-/m1/s1. The summed E-state index contributed by atoms with van der Waals surface area (Å²) < 4.78 is 5.84. The first-order chi connectivity index (χ1) is 10.5. The van der Waals surface area contributed by atoms with Crippen molar-refractivity contribution in [3.8, 4) is 0 Å². The molecule has 3 atom stereocenters. The maximum atomic E-state index is 12.0. The van der Waals surface area contributed by atoms with Crippen LogP contribution in [-0.4, -0.2) is 24.3 Å². The number of benzene rings is 1. The van der Waals surface area contributed by atoms with Gasteiger partial charge in [0.1, 0.15) is 11.8 Å². The molecule has 1 aliphatic heterocycles. The molecule has 0 aromatic heterocycles. The lowest BCUT2D eigenvalue weighted by Gasteiger charge is -2.43. The molecule has 0 bridgehead atoms. The molecule has 0 saturated heterocycles. The molecule has 1 aromatic carbocycles. The van der Waals surface area contributed by atoms with Gasteiger partial charge in [0.2, 0.25) is 0 Å². The predicted molar refractivity (Wildman–Crippen MR) is 88.2 cm³/mol. The van der Waals surface area contributed by atoms with Crippen molar-refractivity contribution in [2.75, 3.05) is 6.54 Å². The number of aliphatic imine (C=N–C) groups is 1. The van der Waals surface area contributed by atoms with E-state index in [4.69, 9.17) is 4.74 Å². The second kappa shape index (κ2) is 5.86. The Bertz CT molecular complexity index is 576. The monoisotopic (exact) mass is 299 g/mol. The van der Waals surface area contributed by atoms with Gasteiger partial charge in [0, 0.05) is 5.92 Å². The van der Waals surface area contributed by atoms with Crippen LogP contribution in [0.15, 0.2) is 35.3 Å². The van der Waals surface area contributed by atoms with Crippen molar-refractivity contribution < 1.29 is 9.53 Å². The molecule has 1 fully saturated rings. The third-order valence-electron chi connectivity index (χ3n) is 5.31. The lowest BCUT2D eigenvalue weighted by atomic mass is 9.64. The molecule has 3 heteroatoms. The van der Waals surface area contributed by atoms with Crippen molar-refractivity contribution in [1.29, 1.82) is 0 Å². The zero-order valence-electron chi connectivity index (χ0n) is 13.7. The molecule has 0 amide bonds. The summed E-state index contributed by atoms with van der Waals surface area (Å²) in [4.78, 5) is 16.0. The van der Waals surface area contributed by atoms with Gasteiger partial charge in [-0.15, -0.1) is 0 Å². The summed E-state index contributed by atoms with van der Waals surface area (Å²) >= 11 is 0. The molecular weight excluding hydrogens is 274 g/mol. The zero-order valence-corrected chi connectivity index (χ0v) is 13.7. The molecule has 22 heavy (non-hydrogen) atoms. The van der Waals surface area contributed by atoms with Gasteiger partial charge in [-0.1, -0.05) is 57.5 Å². The number of rotatable bonds is 4. The minimum absolute atomic E-state index is 0.00227. The molecule has 0 spiro atoms. The summed E-state index contributed by atoms with van der Waals surface area (Å²) in [6.07, 6.45) is 3.26. The third kappa shape index (κ3) is 3.08. The van der Waals surface area contributed by atoms with Crippen LogP contribution in [0.25, 0.3) is 0 Å². The van der Waals surface area contributed by atoms with Gasteiger partial charge >= 0.3 is 5.97 Å². The summed E-state index contributed by atoms with van der Waals surface area (Å²) in [6.45, 7) is 7.37. The van der Waals surface area contributed by atoms with Crippen LogP contribution in [0.5, 0.6) is 0 Å². The van der Waals surface area contributed by atoms with Crippen molar-refractivity contribution in [3.63, 3.8) is 0 Å². The van der Waals surface area contributed by atoms with Crippen LogP contribution in [0.1, 0.15) is 45.6 Å². The van der Waals surface area contributed by atoms with E-state index in [0.29, 0.717) is 24.1 Å². The Morgan fingerprint density at radius 2 is 1.91 bits per heavy atom. The lowest BCUT2D eigenvalue weighted by Crippen LogP contribution is -2.43. The quantitative estimate of drug-likeness (QED) is 0.794. The molecule has 3 rings (SSSR count). The van der Waals surface area contributed by atoms with Crippen LogP contribution in [0.4, 0.5) is 0 Å². The van der Waals surface area contributed by atoms with Gasteiger partial charge in [0.05, 0.1) is 6.54 Å². The maximum absolute atomic E-state index is 12.0. The van der Waals surface area contributed by atoms with E-state index in [1.54, 1.807) is 0 Å². The predicted octanol–water partition coefficient (Wildman–Crippen LogP) is 3.77. The van der Waals surface area contributed by atoms with Crippen molar-refractivity contribution >= 4 is 11.7 Å². The van der Waals surface area contributed by atoms with Gasteiger partial charge in [0.25, 0.3) is 0 Å². The molecule has 3 nitrogen and oxygen atoms in total. The van der Waals surface area contributed by atoms with E-state index in [1.807, 2.05) is 6.07 Å². The molecule has 2 aliphatic rings. The smallest absolute Gasteiger partial charge is 0.354 e. The van der Waals surface area contributed by atoms with Crippen molar-refractivity contribution in [3.05, 3.63) is 35.9 Å². The van der Waals surface area contributed by atoms with Gasteiger partial charge < -0.3 is 4.74 Å². The second-order valence-electron chi connectivity index (χ2n) is 7.32. The zero-order chi connectivity index (χ0) is 15.7. The minimum atomic E-state index is -0.201. The summed E-state index contributed by atoms with van der Waals surface area (Å²) in [5, 5.41) is 0. The molecule has 118 valence electrons. The topological polar surface area (TPSA) is 38.7 Å². The van der Waals surface area contributed by atoms with E-state index >= 15 is 0 Å². The fourth-order valence-corrected chi connectivity index (χ4v) is 3.74. The lowest BCUT2D eigenvalue weighted by molar-refractivity contribution is -0.147. The highest BCUT2D eigenvalue weighted by Crippen LogP contribution is 2.43. The summed E-state index contributed by atoms with van der Waals surface area (Å²) in [5.41, 5.74) is 1.92. The fraction of sp³-hybridized carbons (Fsp3) is 0.579. The Labute approximate surface area is 132 Å². The van der Waals surface area contributed by atoms with Gasteiger partial charge in [-0.25, -0.2) is 4.79 Å². The van der Waals surface area contributed by atoms with Gasteiger partial charge in [-0.05, 0) is 29.7 Å². The summed E-state index contributed by atoms with van der Waals surface area (Å²) in [7, 11) is 0. The SMILES string of the molecule is C[C@@H]1CC[C@@H](C(C)(C)c2ccccc2)[C@H](OC(=O)C2=NC2)C1. The molecule has 1 heterocycles. The van der Waals surface area contributed by atoms with E-state index in [0.717, 1.165) is 12.8 Å². The Kier molecular flexibility index (Phi) is 4.07. The Morgan fingerprint density at radius 1 is 1.23 bits per heavy atom. The number of carbonyl (C=O) groups is 1. The average molecular weight is 299 g/mol. The molecule has 0 unspecified atom stereocenters. The fourth-order valence-electron chi connectivity index (χ4n) is 3.74. The summed E-state index contributed by atoms with van der Waals surface area (Å²) in [5.74, 6) is 0.768. The molecular formula is C19H25NO2. The first-order valence-corrected chi connectivity index (χ1v) is 8.28. The number of esters is 1. The number of hydrogen-bond acceptors (Lipinski definition) is 3. The van der Waals surface area contributed by atoms with Crippen LogP contribution in [-0.2, 0) is 14.9 Å². The largest absolute Gasteiger partial charge is 0.458 e. The van der Waals surface area contributed by atoms with E-state index < -0.39 is 0 Å². The normalized spacial score (nSPS) is 28.0. The highest BCUT2D eigenvalue weighted by atomic mass is 16.5. The summed E-state index contributed by atoms with van der Waals surface area (Å²) in [6, 6.07) is 10.6. The van der Waals surface area contributed by atoms with Crippen LogP contribution < -0.4 is 0 Å². The Hall–Kier alpha value is -1.64. The number of ether oxygens (including phenoxy) is 1. The third-order valence-corrected chi connectivity index (χ3v) is 5.31. The average Bonchev–Trinajstić information content (AvgIpc) is 3.32. The van der Waals surface area contributed by atoms with Crippen LogP contribution in [0.2, 0.25) is 0 Å². The van der Waals surface area contributed by atoms with E-state index in [9.17, 15) is 4.79 Å². The first kappa shape index (κ1) is 15.3.